The largest absolute Gasteiger partial charge is 0.476 e. The second-order valence-corrected chi connectivity index (χ2v) is 6.94. The summed E-state index contributed by atoms with van der Waals surface area (Å²) in [5.41, 5.74) is 0.765. The van der Waals surface area contributed by atoms with Crippen LogP contribution in [0.5, 0.6) is 0 Å². The number of para-hydroxylation sites is 1. The number of carboxylic acid groups (broad SMARTS) is 1. The van der Waals surface area contributed by atoms with E-state index >= 15 is 0 Å². The standard InChI is InChI=1S/C16H16ClN3O3S/c1-19(8-14-18-11(9-24-14)16(22)23)13-6-7-20(15(13)21)12-5-3-2-4-10(12)17/h2-5,9,13H,6-8H2,1H3,(H,22,23). The molecule has 1 aromatic heterocycles. The first-order valence-corrected chi connectivity index (χ1v) is 8.67. The number of anilines is 1. The number of carbonyl (C=O) groups is 2. The van der Waals surface area contributed by atoms with Crippen LogP contribution >= 0.6 is 22.9 Å². The van der Waals surface area contributed by atoms with Gasteiger partial charge in [0.05, 0.1) is 23.3 Å². The van der Waals surface area contributed by atoms with E-state index in [0.717, 1.165) is 5.69 Å². The van der Waals surface area contributed by atoms with Crippen LogP contribution in [0, 0.1) is 0 Å². The molecule has 1 N–H and O–H groups in total. The fourth-order valence-electron chi connectivity index (χ4n) is 2.79. The van der Waals surface area contributed by atoms with Crippen LogP contribution in [0.2, 0.25) is 5.02 Å². The van der Waals surface area contributed by atoms with Crippen molar-refractivity contribution in [3.63, 3.8) is 0 Å². The summed E-state index contributed by atoms with van der Waals surface area (Å²) in [4.78, 5) is 31.3. The Bertz CT molecular complexity index is 779. The van der Waals surface area contributed by atoms with Crippen LogP contribution in [0.1, 0.15) is 21.9 Å². The summed E-state index contributed by atoms with van der Waals surface area (Å²) < 4.78 is 0. The summed E-state index contributed by atoms with van der Waals surface area (Å²) >= 11 is 7.47. The first-order valence-electron chi connectivity index (χ1n) is 7.41. The Morgan fingerprint density at radius 1 is 1.50 bits per heavy atom. The maximum Gasteiger partial charge on any atom is 0.355 e. The predicted octanol–water partition coefficient (Wildman–Crippen LogP) is 2.73. The van der Waals surface area contributed by atoms with Gasteiger partial charge in [0.1, 0.15) is 5.01 Å². The van der Waals surface area contributed by atoms with Crippen molar-refractivity contribution in [1.29, 1.82) is 0 Å². The van der Waals surface area contributed by atoms with Crippen molar-refractivity contribution < 1.29 is 14.7 Å². The highest BCUT2D eigenvalue weighted by Gasteiger charge is 2.36. The summed E-state index contributed by atoms with van der Waals surface area (Å²) in [6.45, 7) is 1.04. The number of nitrogens with zero attached hydrogens (tertiary/aromatic N) is 3. The molecular formula is C16H16ClN3O3S. The minimum absolute atomic E-state index is 0.000569. The molecule has 1 fully saturated rings. The minimum atomic E-state index is -1.04. The molecule has 0 aliphatic carbocycles. The van der Waals surface area contributed by atoms with E-state index in [1.165, 1.54) is 16.7 Å². The van der Waals surface area contributed by atoms with Crippen molar-refractivity contribution in [2.75, 3.05) is 18.5 Å². The van der Waals surface area contributed by atoms with Crippen LogP contribution in [0.3, 0.4) is 0 Å². The van der Waals surface area contributed by atoms with Gasteiger partial charge in [-0.25, -0.2) is 9.78 Å². The predicted molar refractivity (Wildman–Crippen MR) is 92.8 cm³/mol. The molecule has 1 aromatic carbocycles. The Morgan fingerprint density at radius 3 is 2.92 bits per heavy atom. The Hall–Kier alpha value is -1.96. The van der Waals surface area contributed by atoms with Crippen LogP contribution in [-0.2, 0) is 11.3 Å². The summed E-state index contributed by atoms with van der Waals surface area (Å²) in [5.74, 6) is -1.04. The lowest BCUT2D eigenvalue weighted by Crippen LogP contribution is -2.39. The van der Waals surface area contributed by atoms with Crippen LogP contribution in [0.15, 0.2) is 29.6 Å². The van der Waals surface area contributed by atoms with E-state index in [1.54, 1.807) is 11.0 Å². The average Bonchev–Trinajstić information content (AvgIpc) is 3.15. The number of hydrogen-bond donors (Lipinski definition) is 1. The summed E-state index contributed by atoms with van der Waals surface area (Å²) in [5, 5.41) is 11.7. The molecule has 0 radical (unpaired) electrons. The number of likely N-dealkylation sites (N-methyl/N-ethyl adjacent to an activating group) is 1. The number of rotatable bonds is 5. The molecule has 8 heteroatoms. The zero-order chi connectivity index (χ0) is 17.3. The molecule has 1 atom stereocenters. The van der Waals surface area contributed by atoms with Gasteiger partial charge in [0.15, 0.2) is 5.69 Å². The third-order valence-corrected chi connectivity index (χ3v) is 5.16. The molecule has 126 valence electrons. The first-order chi connectivity index (χ1) is 11.5. The second-order valence-electron chi connectivity index (χ2n) is 5.59. The lowest BCUT2D eigenvalue weighted by molar-refractivity contribution is -0.121. The topological polar surface area (TPSA) is 73.7 Å². The number of carboxylic acids is 1. The highest BCUT2D eigenvalue weighted by molar-refractivity contribution is 7.09. The van der Waals surface area contributed by atoms with Gasteiger partial charge in [-0.15, -0.1) is 11.3 Å². The molecule has 3 rings (SSSR count). The van der Waals surface area contributed by atoms with Crippen molar-refractivity contribution in [2.24, 2.45) is 0 Å². The lowest BCUT2D eigenvalue weighted by Gasteiger charge is -2.23. The van der Waals surface area contributed by atoms with E-state index in [-0.39, 0.29) is 17.6 Å². The number of carbonyl (C=O) groups excluding carboxylic acids is 1. The Labute approximate surface area is 148 Å². The van der Waals surface area contributed by atoms with Gasteiger partial charge in [0.2, 0.25) is 5.91 Å². The molecular weight excluding hydrogens is 350 g/mol. The number of thiazole rings is 1. The van der Waals surface area contributed by atoms with Crippen molar-refractivity contribution in [1.82, 2.24) is 9.88 Å². The van der Waals surface area contributed by atoms with Gasteiger partial charge in [-0.05, 0) is 25.6 Å². The van der Waals surface area contributed by atoms with Gasteiger partial charge in [0.25, 0.3) is 0 Å². The van der Waals surface area contributed by atoms with Crippen LogP contribution in [0.4, 0.5) is 5.69 Å². The van der Waals surface area contributed by atoms with E-state index < -0.39 is 5.97 Å². The van der Waals surface area contributed by atoms with Gasteiger partial charge < -0.3 is 10.0 Å². The third kappa shape index (κ3) is 3.28. The molecule has 24 heavy (non-hydrogen) atoms. The molecule has 2 heterocycles. The van der Waals surface area contributed by atoms with E-state index in [0.29, 0.717) is 29.5 Å². The molecule has 2 aromatic rings. The van der Waals surface area contributed by atoms with Crippen LogP contribution in [-0.4, -0.2) is 46.5 Å². The monoisotopic (exact) mass is 365 g/mol. The Kier molecular flexibility index (Phi) is 4.84. The van der Waals surface area contributed by atoms with Crippen molar-refractivity contribution in [3.8, 4) is 0 Å². The Balaban J connectivity index is 1.70. The maximum atomic E-state index is 12.7. The molecule has 1 unspecified atom stereocenters. The molecule has 1 aliphatic rings. The van der Waals surface area contributed by atoms with Crippen molar-refractivity contribution in [3.05, 3.63) is 45.4 Å². The number of amides is 1. The first kappa shape index (κ1) is 16.9. The van der Waals surface area contributed by atoms with Gasteiger partial charge in [-0.2, -0.15) is 0 Å². The minimum Gasteiger partial charge on any atom is -0.476 e. The van der Waals surface area contributed by atoms with Gasteiger partial charge >= 0.3 is 5.97 Å². The SMILES string of the molecule is CN(Cc1nc(C(=O)O)cs1)C1CCN(c2ccccc2Cl)C1=O. The highest BCUT2D eigenvalue weighted by Crippen LogP contribution is 2.30. The highest BCUT2D eigenvalue weighted by atomic mass is 35.5. The average molecular weight is 366 g/mol. The summed E-state index contributed by atoms with van der Waals surface area (Å²) in [6, 6.07) is 7.03. The van der Waals surface area contributed by atoms with Crippen LogP contribution in [0.25, 0.3) is 0 Å². The van der Waals surface area contributed by atoms with Gasteiger partial charge in [-0.1, -0.05) is 23.7 Å². The smallest absolute Gasteiger partial charge is 0.355 e. The van der Waals surface area contributed by atoms with E-state index in [9.17, 15) is 9.59 Å². The molecule has 6 nitrogen and oxygen atoms in total. The molecule has 0 saturated carbocycles. The summed E-state index contributed by atoms with van der Waals surface area (Å²) in [7, 11) is 1.85. The third-order valence-electron chi connectivity index (χ3n) is 4.01. The molecule has 1 aliphatic heterocycles. The zero-order valence-corrected chi connectivity index (χ0v) is 14.5. The van der Waals surface area contributed by atoms with E-state index in [2.05, 4.69) is 4.98 Å². The molecule has 1 amide bonds. The van der Waals surface area contributed by atoms with Gasteiger partial charge in [-0.3, -0.25) is 9.69 Å². The number of hydrogen-bond acceptors (Lipinski definition) is 5. The number of aromatic nitrogens is 1. The normalized spacial score (nSPS) is 17.7. The maximum absolute atomic E-state index is 12.7. The quantitative estimate of drug-likeness (QED) is 0.881. The van der Waals surface area contributed by atoms with Gasteiger partial charge in [0, 0.05) is 11.9 Å². The Morgan fingerprint density at radius 2 is 2.25 bits per heavy atom. The molecule has 1 saturated heterocycles. The number of benzene rings is 1. The van der Waals surface area contributed by atoms with E-state index in [4.69, 9.17) is 16.7 Å². The van der Waals surface area contributed by atoms with Crippen molar-refractivity contribution in [2.45, 2.75) is 19.0 Å². The summed E-state index contributed by atoms with van der Waals surface area (Å²) in [6.07, 6.45) is 0.692. The molecule has 0 spiro atoms. The second kappa shape index (κ2) is 6.88. The van der Waals surface area contributed by atoms with Crippen molar-refractivity contribution >= 4 is 40.5 Å². The number of aromatic carboxylic acids is 1. The fourth-order valence-corrected chi connectivity index (χ4v) is 3.86. The fraction of sp³-hybridized carbons (Fsp3) is 0.312. The zero-order valence-electron chi connectivity index (χ0n) is 13.0. The molecule has 0 bridgehead atoms. The van der Waals surface area contributed by atoms with Crippen LogP contribution < -0.4 is 4.90 Å². The van der Waals surface area contributed by atoms with E-state index in [1.807, 2.05) is 30.1 Å². The number of halogens is 1. The lowest BCUT2D eigenvalue weighted by atomic mass is 10.2.